The fourth-order valence-corrected chi connectivity index (χ4v) is 3.45. The SMILES string of the molecule is Cc1cc(F)ccc1C(CN)N(C)C1CCCCCC1. The summed E-state index contributed by atoms with van der Waals surface area (Å²) in [7, 11) is 2.18. The molecule has 1 aliphatic rings. The van der Waals surface area contributed by atoms with Gasteiger partial charge in [0, 0.05) is 18.6 Å². The molecule has 20 heavy (non-hydrogen) atoms. The Hall–Kier alpha value is -0.930. The van der Waals surface area contributed by atoms with Gasteiger partial charge in [0.15, 0.2) is 0 Å². The molecule has 0 amide bonds. The predicted molar refractivity (Wildman–Crippen MR) is 82.2 cm³/mol. The van der Waals surface area contributed by atoms with Crippen LogP contribution in [0.5, 0.6) is 0 Å². The minimum absolute atomic E-state index is 0.167. The number of benzene rings is 1. The van der Waals surface area contributed by atoms with Crippen LogP contribution in [0.4, 0.5) is 4.39 Å². The summed E-state index contributed by atoms with van der Waals surface area (Å²) in [4.78, 5) is 2.42. The van der Waals surface area contributed by atoms with Crippen molar-refractivity contribution in [1.29, 1.82) is 0 Å². The first kappa shape index (κ1) is 15.5. The van der Waals surface area contributed by atoms with Crippen molar-refractivity contribution in [2.75, 3.05) is 13.6 Å². The van der Waals surface area contributed by atoms with Gasteiger partial charge in [-0.15, -0.1) is 0 Å². The Bertz CT molecular complexity index is 425. The second-order valence-electron chi connectivity index (χ2n) is 6.06. The van der Waals surface area contributed by atoms with Gasteiger partial charge < -0.3 is 5.73 Å². The third-order valence-corrected chi connectivity index (χ3v) is 4.71. The molecule has 1 aromatic carbocycles. The molecule has 0 spiro atoms. The van der Waals surface area contributed by atoms with Crippen molar-refractivity contribution in [3.05, 3.63) is 35.1 Å². The number of halogens is 1. The van der Waals surface area contributed by atoms with E-state index in [1.165, 1.54) is 44.1 Å². The highest BCUT2D eigenvalue weighted by atomic mass is 19.1. The highest BCUT2D eigenvalue weighted by Crippen LogP contribution is 2.29. The van der Waals surface area contributed by atoms with Gasteiger partial charge >= 0.3 is 0 Å². The maximum atomic E-state index is 13.3. The molecule has 0 radical (unpaired) electrons. The van der Waals surface area contributed by atoms with Gasteiger partial charge in [0.25, 0.3) is 0 Å². The summed E-state index contributed by atoms with van der Waals surface area (Å²) in [6.07, 6.45) is 7.85. The molecular weight excluding hydrogens is 251 g/mol. The number of aryl methyl sites for hydroxylation is 1. The number of hydrogen-bond donors (Lipinski definition) is 1. The summed E-state index contributed by atoms with van der Waals surface area (Å²) >= 11 is 0. The predicted octanol–water partition coefficient (Wildman–Crippen LogP) is 3.79. The molecule has 112 valence electrons. The minimum atomic E-state index is -0.167. The first-order valence-corrected chi connectivity index (χ1v) is 7.81. The van der Waals surface area contributed by atoms with E-state index in [0.717, 1.165) is 5.56 Å². The van der Waals surface area contributed by atoms with Crippen molar-refractivity contribution >= 4 is 0 Å². The van der Waals surface area contributed by atoms with E-state index in [2.05, 4.69) is 11.9 Å². The Kier molecular flexibility index (Phi) is 5.55. The molecule has 1 unspecified atom stereocenters. The Balaban J connectivity index is 2.17. The molecule has 2 nitrogen and oxygen atoms in total. The fraction of sp³-hybridized carbons (Fsp3) is 0.647. The highest BCUT2D eigenvalue weighted by molar-refractivity contribution is 5.30. The largest absolute Gasteiger partial charge is 0.329 e. The van der Waals surface area contributed by atoms with Gasteiger partial charge in [0.05, 0.1) is 0 Å². The second kappa shape index (κ2) is 7.19. The lowest BCUT2D eigenvalue weighted by Crippen LogP contribution is -2.38. The van der Waals surface area contributed by atoms with Gasteiger partial charge in [-0.25, -0.2) is 4.39 Å². The van der Waals surface area contributed by atoms with Crippen LogP contribution in [0.25, 0.3) is 0 Å². The molecule has 0 aromatic heterocycles. The highest BCUT2D eigenvalue weighted by Gasteiger charge is 2.25. The summed E-state index contributed by atoms with van der Waals surface area (Å²) < 4.78 is 13.3. The summed E-state index contributed by atoms with van der Waals surface area (Å²) in [5.74, 6) is -0.167. The number of nitrogens with zero attached hydrogens (tertiary/aromatic N) is 1. The molecule has 0 bridgehead atoms. The van der Waals surface area contributed by atoms with E-state index < -0.39 is 0 Å². The van der Waals surface area contributed by atoms with E-state index in [0.29, 0.717) is 12.6 Å². The van der Waals surface area contributed by atoms with Crippen LogP contribution in [0.1, 0.15) is 55.7 Å². The monoisotopic (exact) mass is 278 g/mol. The second-order valence-corrected chi connectivity index (χ2v) is 6.06. The van der Waals surface area contributed by atoms with Gasteiger partial charge in [-0.05, 0) is 50.1 Å². The van der Waals surface area contributed by atoms with Crippen molar-refractivity contribution in [2.24, 2.45) is 5.73 Å². The number of rotatable bonds is 4. The zero-order valence-corrected chi connectivity index (χ0v) is 12.7. The molecule has 2 rings (SSSR count). The average molecular weight is 278 g/mol. The average Bonchev–Trinajstić information content (AvgIpc) is 2.70. The molecule has 1 saturated carbocycles. The Morgan fingerprint density at radius 2 is 1.90 bits per heavy atom. The molecule has 0 aliphatic heterocycles. The van der Waals surface area contributed by atoms with E-state index in [9.17, 15) is 4.39 Å². The third-order valence-electron chi connectivity index (χ3n) is 4.71. The normalized spacial score (nSPS) is 19.1. The maximum absolute atomic E-state index is 13.3. The van der Waals surface area contributed by atoms with Crippen molar-refractivity contribution in [1.82, 2.24) is 4.90 Å². The molecule has 1 fully saturated rings. The van der Waals surface area contributed by atoms with Crippen molar-refractivity contribution < 1.29 is 4.39 Å². The zero-order chi connectivity index (χ0) is 14.5. The standard InChI is InChI=1S/C17H27FN2/c1-13-11-14(18)9-10-16(13)17(12-19)20(2)15-7-5-3-4-6-8-15/h9-11,15,17H,3-8,12,19H2,1-2H3. The Labute approximate surface area is 122 Å². The summed E-state index contributed by atoms with van der Waals surface area (Å²) in [6, 6.07) is 5.86. The van der Waals surface area contributed by atoms with E-state index in [4.69, 9.17) is 5.73 Å². The quantitative estimate of drug-likeness (QED) is 0.849. The van der Waals surface area contributed by atoms with Crippen LogP contribution in [0.3, 0.4) is 0 Å². The van der Waals surface area contributed by atoms with Crippen molar-refractivity contribution in [3.63, 3.8) is 0 Å². The Morgan fingerprint density at radius 3 is 2.45 bits per heavy atom. The lowest BCUT2D eigenvalue weighted by atomic mass is 9.97. The molecule has 3 heteroatoms. The molecule has 2 N–H and O–H groups in total. The third kappa shape index (κ3) is 3.58. The molecule has 0 heterocycles. The van der Waals surface area contributed by atoms with E-state index in [1.807, 2.05) is 13.0 Å². The molecule has 1 aromatic rings. The van der Waals surface area contributed by atoms with E-state index in [1.54, 1.807) is 12.1 Å². The number of nitrogens with two attached hydrogens (primary N) is 1. The van der Waals surface area contributed by atoms with Crippen LogP contribution in [-0.2, 0) is 0 Å². The topological polar surface area (TPSA) is 29.3 Å². The molecule has 1 aliphatic carbocycles. The van der Waals surface area contributed by atoms with Crippen LogP contribution in [0.2, 0.25) is 0 Å². The smallest absolute Gasteiger partial charge is 0.123 e. The van der Waals surface area contributed by atoms with Gasteiger partial charge in [0.1, 0.15) is 5.82 Å². The Morgan fingerprint density at radius 1 is 1.25 bits per heavy atom. The first-order chi connectivity index (χ1) is 9.63. The van der Waals surface area contributed by atoms with Gasteiger partial charge in [-0.2, -0.15) is 0 Å². The van der Waals surface area contributed by atoms with Crippen molar-refractivity contribution in [3.8, 4) is 0 Å². The summed E-state index contributed by atoms with van der Waals surface area (Å²) in [5.41, 5.74) is 8.19. The lowest BCUT2D eigenvalue weighted by molar-refractivity contribution is 0.161. The summed E-state index contributed by atoms with van der Waals surface area (Å²) in [6.45, 7) is 2.56. The lowest BCUT2D eigenvalue weighted by Gasteiger charge is -2.35. The van der Waals surface area contributed by atoms with Gasteiger partial charge in [-0.1, -0.05) is 31.7 Å². The van der Waals surface area contributed by atoms with Crippen LogP contribution in [-0.4, -0.2) is 24.5 Å². The van der Waals surface area contributed by atoms with Crippen LogP contribution >= 0.6 is 0 Å². The maximum Gasteiger partial charge on any atom is 0.123 e. The number of likely N-dealkylation sites (N-methyl/N-ethyl adjacent to an activating group) is 1. The van der Waals surface area contributed by atoms with Gasteiger partial charge in [-0.3, -0.25) is 4.90 Å². The van der Waals surface area contributed by atoms with Crippen LogP contribution in [0.15, 0.2) is 18.2 Å². The van der Waals surface area contributed by atoms with Crippen LogP contribution in [0, 0.1) is 12.7 Å². The minimum Gasteiger partial charge on any atom is -0.329 e. The zero-order valence-electron chi connectivity index (χ0n) is 12.7. The number of hydrogen-bond acceptors (Lipinski definition) is 2. The van der Waals surface area contributed by atoms with E-state index in [-0.39, 0.29) is 11.9 Å². The van der Waals surface area contributed by atoms with Crippen molar-refractivity contribution in [2.45, 2.75) is 57.5 Å². The fourth-order valence-electron chi connectivity index (χ4n) is 3.45. The first-order valence-electron chi connectivity index (χ1n) is 7.81. The summed E-state index contributed by atoms with van der Waals surface area (Å²) in [5, 5.41) is 0. The molecule has 0 saturated heterocycles. The van der Waals surface area contributed by atoms with E-state index >= 15 is 0 Å². The molecular formula is C17H27FN2. The molecule has 1 atom stereocenters. The van der Waals surface area contributed by atoms with Gasteiger partial charge in [0.2, 0.25) is 0 Å². The van der Waals surface area contributed by atoms with Crippen LogP contribution < -0.4 is 5.73 Å².